The van der Waals surface area contributed by atoms with Crippen LogP contribution in [0.5, 0.6) is 11.5 Å². The van der Waals surface area contributed by atoms with E-state index in [9.17, 15) is 0 Å². The van der Waals surface area contributed by atoms with Crippen molar-refractivity contribution in [1.82, 2.24) is 20.2 Å². The monoisotopic (exact) mass is 524 g/mol. The van der Waals surface area contributed by atoms with Gasteiger partial charge in [0.05, 0.1) is 18.5 Å². The van der Waals surface area contributed by atoms with E-state index in [4.69, 9.17) is 21.1 Å². The number of halogens is 1. The van der Waals surface area contributed by atoms with E-state index in [2.05, 4.69) is 57.8 Å². The molecule has 1 saturated heterocycles. The standard InChI is InChI=1S/C28H37ClN6O2/c1-5-36-26-16-22(37-21-12-14-35(4)15-13-21)10-11-25(26)33-28-31-18-23(29)27(34-28)32-24-9-7-6-8-20(24)17-30-19(2)3/h6-11,16,18-19,21,30H,5,12-15,17H2,1-4H3,(H2,31,32,33,34). The molecule has 2 heterocycles. The molecule has 4 rings (SSSR count). The van der Waals surface area contributed by atoms with Gasteiger partial charge in [-0.2, -0.15) is 4.98 Å². The molecule has 1 aliphatic heterocycles. The summed E-state index contributed by atoms with van der Waals surface area (Å²) in [6.07, 6.45) is 3.85. The SMILES string of the molecule is CCOc1cc(OC2CCN(C)CC2)ccc1Nc1ncc(Cl)c(Nc2ccccc2CNC(C)C)n1. The van der Waals surface area contributed by atoms with Crippen molar-refractivity contribution in [2.45, 2.75) is 52.3 Å². The highest BCUT2D eigenvalue weighted by Gasteiger charge is 2.19. The first kappa shape index (κ1) is 27.0. The van der Waals surface area contributed by atoms with Crippen molar-refractivity contribution in [2.24, 2.45) is 0 Å². The molecule has 0 spiro atoms. The third-order valence-corrected chi connectivity index (χ3v) is 6.46. The molecule has 3 aromatic rings. The highest BCUT2D eigenvalue weighted by molar-refractivity contribution is 6.32. The van der Waals surface area contributed by atoms with Crippen LogP contribution in [0.15, 0.2) is 48.7 Å². The van der Waals surface area contributed by atoms with Gasteiger partial charge in [-0.25, -0.2) is 4.98 Å². The quantitative estimate of drug-likeness (QED) is 0.282. The number of para-hydroxylation sites is 1. The molecule has 37 heavy (non-hydrogen) atoms. The third-order valence-electron chi connectivity index (χ3n) is 6.18. The summed E-state index contributed by atoms with van der Waals surface area (Å²) in [4.78, 5) is 11.4. The van der Waals surface area contributed by atoms with Crippen LogP contribution >= 0.6 is 11.6 Å². The molecule has 3 N–H and O–H groups in total. The van der Waals surface area contributed by atoms with Gasteiger partial charge in [0.1, 0.15) is 22.6 Å². The summed E-state index contributed by atoms with van der Waals surface area (Å²) < 4.78 is 12.2. The fraction of sp³-hybridized carbons (Fsp3) is 0.429. The third kappa shape index (κ3) is 7.71. The van der Waals surface area contributed by atoms with Crippen molar-refractivity contribution in [2.75, 3.05) is 37.4 Å². The van der Waals surface area contributed by atoms with Crippen LogP contribution in [-0.4, -0.2) is 53.8 Å². The van der Waals surface area contributed by atoms with Gasteiger partial charge in [0, 0.05) is 37.4 Å². The number of hydrogen-bond donors (Lipinski definition) is 3. The van der Waals surface area contributed by atoms with Gasteiger partial charge in [-0.15, -0.1) is 0 Å². The van der Waals surface area contributed by atoms with E-state index in [0.29, 0.717) is 35.2 Å². The molecule has 2 aromatic carbocycles. The van der Waals surface area contributed by atoms with Crippen LogP contribution in [0.2, 0.25) is 5.02 Å². The largest absolute Gasteiger partial charge is 0.492 e. The zero-order chi connectivity index (χ0) is 26.2. The molecule has 1 aliphatic rings. The molecule has 0 unspecified atom stereocenters. The summed E-state index contributed by atoms with van der Waals surface area (Å²) in [5.74, 6) is 2.42. The summed E-state index contributed by atoms with van der Waals surface area (Å²) in [6.45, 7) is 9.57. The Morgan fingerprint density at radius 3 is 2.62 bits per heavy atom. The number of aromatic nitrogens is 2. The second-order valence-electron chi connectivity index (χ2n) is 9.54. The molecule has 0 atom stereocenters. The fourth-order valence-corrected chi connectivity index (χ4v) is 4.26. The van der Waals surface area contributed by atoms with Crippen LogP contribution in [0.25, 0.3) is 0 Å². The zero-order valence-electron chi connectivity index (χ0n) is 22.1. The lowest BCUT2D eigenvalue weighted by atomic mass is 10.1. The average Bonchev–Trinajstić information content (AvgIpc) is 2.88. The second kappa shape index (κ2) is 12.9. The zero-order valence-corrected chi connectivity index (χ0v) is 22.8. The van der Waals surface area contributed by atoms with Crippen LogP contribution in [0.1, 0.15) is 39.2 Å². The van der Waals surface area contributed by atoms with Gasteiger partial charge in [0.2, 0.25) is 5.95 Å². The number of nitrogens with one attached hydrogen (secondary N) is 3. The maximum Gasteiger partial charge on any atom is 0.229 e. The van der Waals surface area contributed by atoms with Gasteiger partial charge in [-0.05, 0) is 50.6 Å². The summed E-state index contributed by atoms with van der Waals surface area (Å²) in [5, 5.41) is 10.5. The Hall–Kier alpha value is -3.07. The molecule has 1 fully saturated rings. The summed E-state index contributed by atoms with van der Waals surface area (Å²) in [5.41, 5.74) is 2.82. The number of rotatable bonds is 11. The van der Waals surface area contributed by atoms with E-state index in [-0.39, 0.29) is 6.10 Å². The molecule has 8 nitrogen and oxygen atoms in total. The first-order valence-corrected chi connectivity index (χ1v) is 13.3. The molecular weight excluding hydrogens is 488 g/mol. The number of piperidine rings is 1. The lowest BCUT2D eigenvalue weighted by Crippen LogP contribution is -2.35. The molecule has 0 aliphatic carbocycles. The van der Waals surface area contributed by atoms with Crippen LogP contribution in [0.4, 0.5) is 23.1 Å². The summed E-state index contributed by atoms with van der Waals surface area (Å²) in [6, 6.07) is 14.3. The summed E-state index contributed by atoms with van der Waals surface area (Å²) in [7, 11) is 2.15. The van der Waals surface area contributed by atoms with Crippen molar-refractivity contribution in [3.05, 3.63) is 59.2 Å². The van der Waals surface area contributed by atoms with E-state index >= 15 is 0 Å². The fourth-order valence-electron chi connectivity index (χ4n) is 4.12. The molecule has 1 aromatic heterocycles. The highest BCUT2D eigenvalue weighted by Crippen LogP contribution is 2.33. The Labute approximate surface area is 224 Å². The number of ether oxygens (including phenoxy) is 2. The van der Waals surface area contributed by atoms with E-state index < -0.39 is 0 Å². The van der Waals surface area contributed by atoms with Crippen molar-refractivity contribution >= 4 is 34.7 Å². The Balaban J connectivity index is 1.50. The van der Waals surface area contributed by atoms with E-state index in [1.165, 1.54) is 0 Å². The minimum absolute atomic E-state index is 0.219. The molecule has 9 heteroatoms. The number of anilines is 4. The van der Waals surface area contributed by atoms with Crippen molar-refractivity contribution in [3.63, 3.8) is 0 Å². The molecule has 198 valence electrons. The van der Waals surface area contributed by atoms with Crippen LogP contribution in [0, 0.1) is 0 Å². The number of hydrogen-bond acceptors (Lipinski definition) is 8. The maximum atomic E-state index is 6.46. The topological polar surface area (TPSA) is 83.6 Å². The number of likely N-dealkylation sites (tertiary alicyclic amines) is 1. The van der Waals surface area contributed by atoms with Crippen LogP contribution < -0.4 is 25.4 Å². The Morgan fingerprint density at radius 1 is 1.08 bits per heavy atom. The van der Waals surface area contributed by atoms with Gasteiger partial charge in [0.25, 0.3) is 0 Å². The highest BCUT2D eigenvalue weighted by atomic mass is 35.5. The van der Waals surface area contributed by atoms with Gasteiger partial charge in [0.15, 0.2) is 5.82 Å². The molecule has 0 radical (unpaired) electrons. The van der Waals surface area contributed by atoms with Gasteiger partial charge < -0.3 is 30.3 Å². The molecule has 0 saturated carbocycles. The van der Waals surface area contributed by atoms with E-state index in [1.807, 2.05) is 43.3 Å². The minimum atomic E-state index is 0.219. The number of nitrogens with zero attached hydrogens (tertiary/aromatic N) is 3. The predicted octanol–water partition coefficient (Wildman–Crippen LogP) is 5.99. The lowest BCUT2D eigenvalue weighted by molar-refractivity contribution is 0.114. The number of benzene rings is 2. The smallest absolute Gasteiger partial charge is 0.229 e. The van der Waals surface area contributed by atoms with Gasteiger partial charge in [-0.3, -0.25) is 0 Å². The lowest BCUT2D eigenvalue weighted by Gasteiger charge is -2.29. The molecule has 0 bridgehead atoms. The predicted molar refractivity (Wildman–Crippen MR) is 151 cm³/mol. The van der Waals surface area contributed by atoms with Crippen molar-refractivity contribution in [3.8, 4) is 11.5 Å². The summed E-state index contributed by atoms with van der Waals surface area (Å²) >= 11 is 6.46. The first-order chi connectivity index (χ1) is 17.9. The van der Waals surface area contributed by atoms with E-state index in [0.717, 1.165) is 55.2 Å². The Bertz CT molecular complexity index is 1170. The van der Waals surface area contributed by atoms with Gasteiger partial charge in [-0.1, -0.05) is 43.6 Å². The van der Waals surface area contributed by atoms with Crippen molar-refractivity contribution in [1.29, 1.82) is 0 Å². The minimum Gasteiger partial charge on any atom is -0.492 e. The molecular formula is C28H37ClN6O2. The second-order valence-corrected chi connectivity index (χ2v) is 9.95. The average molecular weight is 525 g/mol. The Kier molecular flexibility index (Phi) is 9.44. The first-order valence-electron chi connectivity index (χ1n) is 12.9. The maximum absolute atomic E-state index is 6.46. The Morgan fingerprint density at radius 2 is 1.86 bits per heavy atom. The molecule has 0 amide bonds. The van der Waals surface area contributed by atoms with Gasteiger partial charge >= 0.3 is 0 Å². The normalized spacial score (nSPS) is 14.5. The van der Waals surface area contributed by atoms with Crippen LogP contribution in [0.3, 0.4) is 0 Å². The van der Waals surface area contributed by atoms with Crippen molar-refractivity contribution < 1.29 is 9.47 Å². The van der Waals surface area contributed by atoms with E-state index in [1.54, 1.807) is 6.20 Å². The van der Waals surface area contributed by atoms with Crippen LogP contribution in [-0.2, 0) is 6.54 Å².